The third kappa shape index (κ3) is 3.76. The Balaban J connectivity index is 1.70. The third-order valence-electron chi connectivity index (χ3n) is 4.29. The number of nitrogens with one attached hydrogen (secondary N) is 1. The molecule has 3 rings (SSSR count). The SMILES string of the molecule is O=C(O)[C@H]1CCCC[C@H]1C(=O)Nc1nc(-c2ccc(Cl)cc2)cs1. The summed E-state index contributed by atoms with van der Waals surface area (Å²) in [5.41, 5.74) is 1.67. The number of hydrogen-bond acceptors (Lipinski definition) is 4. The average molecular weight is 365 g/mol. The molecule has 1 fully saturated rings. The number of amides is 1. The predicted octanol–water partition coefficient (Wildman–Crippen LogP) is 4.29. The van der Waals surface area contributed by atoms with Crippen molar-refractivity contribution in [3.8, 4) is 11.3 Å². The van der Waals surface area contributed by atoms with Crippen LogP contribution in [0.5, 0.6) is 0 Å². The fourth-order valence-electron chi connectivity index (χ4n) is 3.02. The van der Waals surface area contributed by atoms with Gasteiger partial charge in [-0.1, -0.05) is 36.6 Å². The second kappa shape index (κ2) is 7.32. The van der Waals surface area contributed by atoms with Crippen LogP contribution in [0.4, 0.5) is 5.13 Å². The largest absolute Gasteiger partial charge is 0.481 e. The zero-order valence-corrected chi connectivity index (χ0v) is 14.4. The third-order valence-corrected chi connectivity index (χ3v) is 5.30. The molecule has 126 valence electrons. The molecule has 2 N–H and O–H groups in total. The number of nitrogens with zero attached hydrogens (tertiary/aromatic N) is 1. The van der Waals surface area contributed by atoms with Gasteiger partial charge in [-0.05, 0) is 25.0 Å². The Kier molecular flexibility index (Phi) is 5.16. The molecule has 0 radical (unpaired) electrons. The summed E-state index contributed by atoms with van der Waals surface area (Å²) in [4.78, 5) is 28.2. The number of carboxylic acid groups (broad SMARTS) is 1. The fraction of sp³-hybridized carbons (Fsp3) is 0.353. The molecule has 1 aromatic heterocycles. The summed E-state index contributed by atoms with van der Waals surface area (Å²) in [5.74, 6) is -2.23. The van der Waals surface area contributed by atoms with Gasteiger partial charge in [-0.3, -0.25) is 9.59 Å². The first-order valence-corrected chi connectivity index (χ1v) is 9.05. The molecule has 0 bridgehead atoms. The molecule has 0 aliphatic heterocycles. The van der Waals surface area contributed by atoms with Crippen LogP contribution in [-0.2, 0) is 9.59 Å². The predicted molar refractivity (Wildman–Crippen MR) is 94.3 cm³/mol. The lowest BCUT2D eigenvalue weighted by Gasteiger charge is -2.26. The Bertz CT molecular complexity index is 745. The molecule has 2 aromatic rings. The molecule has 0 saturated heterocycles. The number of carboxylic acids is 1. The molecule has 2 atom stereocenters. The van der Waals surface area contributed by atoms with E-state index < -0.39 is 17.8 Å². The van der Waals surface area contributed by atoms with Crippen LogP contribution >= 0.6 is 22.9 Å². The first-order chi connectivity index (χ1) is 11.5. The zero-order valence-electron chi connectivity index (χ0n) is 12.9. The summed E-state index contributed by atoms with van der Waals surface area (Å²) in [6, 6.07) is 7.30. The molecule has 5 nitrogen and oxygen atoms in total. The van der Waals surface area contributed by atoms with Crippen LogP contribution in [0.2, 0.25) is 5.02 Å². The number of rotatable bonds is 4. The van der Waals surface area contributed by atoms with Crippen molar-refractivity contribution in [3.63, 3.8) is 0 Å². The van der Waals surface area contributed by atoms with Crippen LogP contribution in [0.3, 0.4) is 0 Å². The first kappa shape index (κ1) is 16.9. The topological polar surface area (TPSA) is 79.3 Å². The van der Waals surface area contributed by atoms with Gasteiger partial charge in [0.2, 0.25) is 5.91 Å². The monoisotopic (exact) mass is 364 g/mol. The maximum atomic E-state index is 12.4. The number of carbonyl (C=O) groups excluding carboxylic acids is 1. The Morgan fingerprint density at radius 2 is 1.83 bits per heavy atom. The van der Waals surface area contributed by atoms with Crippen LogP contribution in [-0.4, -0.2) is 22.0 Å². The molecule has 24 heavy (non-hydrogen) atoms. The van der Waals surface area contributed by atoms with E-state index in [1.807, 2.05) is 17.5 Å². The van der Waals surface area contributed by atoms with Crippen molar-refractivity contribution in [2.75, 3.05) is 5.32 Å². The van der Waals surface area contributed by atoms with Gasteiger partial charge in [0.1, 0.15) is 0 Å². The van der Waals surface area contributed by atoms with E-state index in [9.17, 15) is 14.7 Å². The van der Waals surface area contributed by atoms with Crippen LogP contribution in [0.1, 0.15) is 25.7 Å². The number of hydrogen-bond donors (Lipinski definition) is 2. The maximum Gasteiger partial charge on any atom is 0.307 e. The van der Waals surface area contributed by atoms with E-state index in [0.717, 1.165) is 24.1 Å². The van der Waals surface area contributed by atoms with Gasteiger partial charge in [-0.2, -0.15) is 0 Å². The minimum atomic E-state index is -0.893. The van der Waals surface area contributed by atoms with Crippen LogP contribution in [0, 0.1) is 11.8 Å². The molecule has 1 aliphatic rings. The summed E-state index contributed by atoms with van der Waals surface area (Å²) in [7, 11) is 0. The second-order valence-electron chi connectivity index (χ2n) is 5.87. The number of aromatic nitrogens is 1. The smallest absolute Gasteiger partial charge is 0.307 e. The van der Waals surface area contributed by atoms with Crippen molar-refractivity contribution in [1.29, 1.82) is 0 Å². The van der Waals surface area contributed by atoms with E-state index in [4.69, 9.17) is 11.6 Å². The molecule has 1 saturated carbocycles. The molecule has 0 unspecified atom stereocenters. The molecule has 1 aliphatic carbocycles. The van der Waals surface area contributed by atoms with Crippen molar-refractivity contribution in [3.05, 3.63) is 34.7 Å². The number of carbonyl (C=O) groups is 2. The lowest BCUT2D eigenvalue weighted by atomic mass is 9.79. The summed E-state index contributed by atoms with van der Waals surface area (Å²) in [6.07, 6.45) is 2.91. The van der Waals surface area contributed by atoms with Crippen molar-refractivity contribution in [2.24, 2.45) is 11.8 Å². The van der Waals surface area contributed by atoms with E-state index in [1.165, 1.54) is 11.3 Å². The van der Waals surface area contributed by atoms with E-state index in [1.54, 1.807) is 12.1 Å². The Morgan fingerprint density at radius 3 is 2.50 bits per heavy atom. The van der Waals surface area contributed by atoms with E-state index in [-0.39, 0.29) is 5.91 Å². The summed E-state index contributed by atoms with van der Waals surface area (Å²) < 4.78 is 0. The van der Waals surface area contributed by atoms with Gasteiger partial charge in [-0.15, -0.1) is 11.3 Å². The molecule has 1 amide bonds. The van der Waals surface area contributed by atoms with Crippen molar-refractivity contribution < 1.29 is 14.7 Å². The zero-order chi connectivity index (χ0) is 17.1. The molecule has 0 spiro atoms. The summed E-state index contributed by atoms with van der Waals surface area (Å²) >= 11 is 7.20. The summed E-state index contributed by atoms with van der Waals surface area (Å²) in [6.45, 7) is 0. The van der Waals surface area contributed by atoms with Crippen molar-refractivity contribution >= 4 is 39.9 Å². The minimum Gasteiger partial charge on any atom is -0.481 e. The number of thiazole rings is 1. The van der Waals surface area contributed by atoms with Gasteiger partial charge in [-0.25, -0.2) is 4.98 Å². The van der Waals surface area contributed by atoms with E-state index >= 15 is 0 Å². The number of aliphatic carboxylic acids is 1. The van der Waals surface area contributed by atoms with Gasteiger partial charge >= 0.3 is 5.97 Å². The van der Waals surface area contributed by atoms with Crippen LogP contribution in [0.15, 0.2) is 29.6 Å². The Labute approximate surface area is 148 Å². The second-order valence-corrected chi connectivity index (χ2v) is 7.16. The standard InChI is InChI=1S/C17H17ClN2O3S/c18-11-7-5-10(6-8-11)14-9-24-17(19-14)20-15(21)12-3-1-2-4-13(12)16(22)23/h5-9,12-13H,1-4H2,(H,22,23)(H,19,20,21)/t12-,13+/m1/s1. The van der Waals surface area contributed by atoms with Crippen molar-refractivity contribution in [1.82, 2.24) is 4.98 Å². The van der Waals surface area contributed by atoms with Crippen molar-refractivity contribution in [2.45, 2.75) is 25.7 Å². The Hall–Kier alpha value is -1.92. The highest BCUT2D eigenvalue weighted by Crippen LogP contribution is 2.32. The molecule has 7 heteroatoms. The molecular weight excluding hydrogens is 348 g/mol. The average Bonchev–Trinajstić information content (AvgIpc) is 3.04. The van der Waals surface area contributed by atoms with Gasteiger partial charge in [0.15, 0.2) is 5.13 Å². The summed E-state index contributed by atoms with van der Waals surface area (Å²) in [5, 5.41) is 15.1. The first-order valence-electron chi connectivity index (χ1n) is 7.80. The van der Waals surface area contributed by atoms with Gasteiger partial charge in [0, 0.05) is 16.0 Å². The maximum absolute atomic E-state index is 12.4. The van der Waals surface area contributed by atoms with Gasteiger partial charge in [0.25, 0.3) is 0 Å². The van der Waals surface area contributed by atoms with Crippen LogP contribution in [0.25, 0.3) is 11.3 Å². The molecule has 1 heterocycles. The van der Waals surface area contributed by atoms with Gasteiger partial charge < -0.3 is 10.4 Å². The number of benzene rings is 1. The fourth-order valence-corrected chi connectivity index (χ4v) is 3.87. The van der Waals surface area contributed by atoms with Crippen LogP contribution < -0.4 is 5.32 Å². The lowest BCUT2D eigenvalue weighted by molar-refractivity contribution is -0.147. The number of halogens is 1. The Morgan fingerprint density at radius 1 is 1.17 bits per heavy atom. The normalized spacial score (nSPS) is 20.5. The molecular formula is C17H17ClN2O3S. The van der Waals surface area contributed by atoms with E-state index in [2.05, 4.69) is 10.3 Å². The lowest BCUT2D eigenvalue weighted by Crippen LogP contribution is -2.36. The highest BCUT2D eigenvalue weighted by Gasteiger charge is 2.35. The highest BCUT2D eigenvalue weighted by molar-refractivity contribution is 7.14. The quantitative estimate of drug-likeness (QED) is 0.848. The molecule has 1 aromatic carbocycles. The number of anilines is 1. The highest BCUT2D eigenvalue weighted by atomic mass is 35.5. The van der Waals surface area contributed by atoms with E-state index in [0.29, 0.717) is 23.0 Å². The van der Waals surface area contributed by atoms with Gasteiger partial charge in [0.05, 0.1) is 17.5 Å². The minimum absolute atomic E-state index is 0.251.